The molecule has 1 fully saturated rings. The van der Waals surface area contributed by atoms with Crippen LogP contribution in [-0.4, -0.2) is 50.2 Å². The molecule has 1 saturated carbocycles. The summed E-state index contributed by atoms with van der Waals surface area (Å²) in [6.07, 6.45) is 2.10. The van der Waals surface area contributed by atoms with Crippen molar-refractivity contribution in [1.82, 2.24) is 19.7 Å². The number of rotatable bonds is 5. The van der Waals surface area contributed by atoms with E-state index in [-0.39, 0.29) is 24.4 Å². The predicted octanol–water partition coefficient (Wildman–Crippen LogP) is 2.92. The zero-order valence-electron chi connectivity index (χ0n) is 16.0. The van der Waals surface area contributed by atoms with Crippen molar-refractivity contribution < 1.29 is 14.7 Å². The van der Waals surface area contributed by atoms with Gasteiger partial charge in [-0.25, -0.2) is 9.67 Å². The summed E-state index contributed by atoms with van der Waals surface area (Å²) < 4.78 is 1.89. The number of pyridine rings is 1. The van der Waals surface area contributed by atoms with Crippen molar-refractivity contribution in [3.05, 3.63) is 23.0 Å². The first-order valence-electron chi connectivity index (χ1n) is 8.97. The van der Waals surface area contributed by atoms with Crippen LogP contribution in [0.4, 0.5) is 0 Å². The molecule has 0 saturated heterocycles. The van der Waals surface area contributed by atoms with E-state index in [1.54, 1.807) is 7.05 Å². The summed E-state index contributed by atoms with van der Waals surface area (Å²) in [5, 5.41) is 14.3. The Bertz CT molecular complexity index is 875. The van der Waals surface area contributed by atoms with Crippen molar-refractivity contribution in [1.29, 1.82) is 0 Å². The average Bonchev–Trinajstić information content (AvgIpc) is 3.34. The first kappa shape index (κ1) is 18.4. The van der Waals surface area contributed by atoms with Crippen LogP contribution in [0.25, 0.3) is 11.0 Å². The first-order chi connectivity index (χ1) is 12.1. The number of carbonyl (C=O) groups is 2. The summed E-state index contributed by atoms with van der Waals surface area (Å²) in [6, 6.07) is 1.88. The van der Waals surface area contributed by atoms with Gasteiger partial charge in [0.25, 0.3) is 5.91 Å². The number of fused-ring (bicyclic) bond motifs is 1. The lowest BCUT2D eigenvalue weighted by Gasteiger charge is -2.21. The second kappa shape index (κ2) is 6.37. The molecule has 26 heavy (non-hydrogen) atoms. The molecule has 3 rings (SSSR count). The van der Waals surface area contributed by atoms with Gasteiger partial charge >= 0.3 is 5.97 Å². The average molecular weight is 358 g/mol. The lowest BCUT2D eigenvalue weighted by molar-refractivity contribution is -0.137. The Balaban J connectivity index is 2.13. The number of aromatic nitrogens is 3. The lowest BCUT2D eigenvalue weighted by atomic mass is 10.1. The molecule has 2 aromatic heterocycles. The molecule has 7 heteroatoms. The molecule has 0 radical (unpaired) electrons. The van der Waals surface area contributed by atoms with Gasteiger partial charge in [-0.1, -0.05) is 0 Å². The van der Waals surface area contributed by atoms with E-state index in [4.69, 9.17) is 10.1 Å². The number of carbonyl (C=O) groups excluding carboxylic acids is 1. The van der Waals surface area contributed by atoms with E-state index in [1.807, 2.05) is 17.7 Å². The number of nitrogens with zero attached hydrogens (tertiary/aromatic N) is 4. The highest BCUT2D eigenvalue weighted by atomic mass is 16.4. The summed E-state index contributed by atoms with van der Waals surface area (Å²) in [5.41, 5.74) is 2.74. The molecule has 2 aromatic rings. The van der Waals surface area contributed by atoms with Crippen LogP contribution in [0.15, 0.2) is 6.07 Å². The van der Waals surface area contributed by atoms with Gasteiger partial charge in [0.05, 0.1) is 28.6 Å². The Hall–Kier alpha value is -2.44. The molecule has 1 aliphatic carbocycles. The number of carboxylic acid groups (broad SMARTS) is 1. The maximum atomic E-state index is 13.0. The van der Waals surface area contributed by atoms with E-state index in [0.717, 1.165) is 35.3 Å². The minimum absolute atomic E-state index is 0.0772. The largest absolute Gasteiger partial charge is 0.481 e. The van der Waals surface area contributed by atoms with Crippen LogP contribution in [0.2, 0.25) is 0 Å². The van der Waals surface area contributed by atoms with Crippen LogP contribution >= 0.6 is 0 Å². The molecule has 0 spiro atoms. The van der Waals surface area contributed by atoms with Gasteiger partial charge in [0.1, 0.15) is 0 Å². The Labute approximate surface area is 153 Å². The summed E-state index contributed by atoms with van der Waals surface area (Å²) in [6.45, 7) is 8.24. The van der Waals surface area contributed by atoms with E-state index in [9.17, 15) is 9.59 Å². The zero-order chi connectivity index (χ0) is 19.2. The molecular formula is C19H26N4O3. The predicted molar refractivity (Wildman–Crippen MR) is 98.4 cm³/mol. The van der Waals surface area contributed by atoms with Gasteiger partial charge in [-0.15, -0.1) is 0 Å². The SMILES string of the molecule is Cc1nn(C(C)(C)C)c2nc(C3CC3)cc(C(=O)N(C)CCC(=O)O)c12. The monoisotopic (exact) mass is 358 g/mol. The van der Waals surface area contributed by atoms with Gasteiger partial charge in [-0.2, -0.15) is 5.10 Å². The Morgan fingerprint density at radius 3 is 2.54 bits per heavy atom. The summed E-state index contributed by atoms with van der Waals surface area (Å²) >= 11 is 0. The summed E-state index contributed by atoms with van der Waals surface area (Å²) in [4.78, 5) is 30.2. The molecule has 0 bridgehead atoms. The maximum absolute atomic E-state index is 13.0. The smallest absolute Gasteiger partial charge is 0.305 e. The van der Waals surface area contributed by atoms with E-state index >= 15 is 0 Å². The van der Waals surface area contributed by atoms with E-state index < -0.39 is 5.97 Å². The number of hydrogen-bond acceptors (Lipinski definition) is 4. The van der Waals surface area contributed by atoms with E-state index in [2.05, 4.69) is 25.9 Å². The molecule has 140 valence electrons. The molecule has 0 aromatic carbocycles. The molecule has 0 atom stereocenters. The van der Waals surface area contributed by atoms with Crippen molar-refractivity contribution in [3.63, 3.8) is 0 Å². The second-order valence-corrected chi connectivity index (χ2v) is 8.11. The minimum atomic E-state index is -0.917. The number of amides is 1. The molecule has 1 aliphatic rings. The fraction of sp³-hybridized carbons (Fsp3) is 0.579. The summed E-state index contributed by atoms with van der Waals surface area (Å²) in [5.74, 6) is -0.698. The van der Waals surface area contributed by atoms with Gasteiger partial charge < -0.3 is 10.0 Å². The van der Waals surface area contributed by atoms with Gasteiger partial charge in [0, 0.05) is 25.2 Å². The third-order valence-electron chi connectivity index (χ3n) is 4.70. The second-order valence-electron chi connectivity index (χ2n) is 8.11. The van der Waals surface area contributed by atoms with Gasteiger partial charge in [-0.05, 0) is 46.6 Å². The van der Waals surface area contributed by atoms with Crippen molar-refractivity contribution in [2.24, 2.45) is 0 Å². The normalized spacial score (nSPS) is 14.7. The van der Waals surface area contributed by atoms with E-state index in [0.29, 0.717) is 11.5 Å². The van der Waals surface area contributed by atoms with Crippen molar-refractivity contribution in [2.45, 2.75) is 58.4 Å². The molecule has 1 N–H and O–H groups in total. The molecular weight excluding hydrogens is 332 g/mol. The molecule has 7 nitrogen and oxygen atoms in total. The van der Waals surface area contributed by atoms with Crippen molar-refractivity contribution in [3.8, 4) is 0 Å². The van der Waals surface area contributed by atoms with Crippen LogP contribution < -0.4 is 0 Å². The maximum Gasteiger partial charge on any atom is 0.305 e. The fourth-order valence-corrected chi connectivity index (χ4v) is 3.10. The Morgan fingerprint density at radius 2 is 2.00 bits per heavy atom. The highest BCUT2D eigenvalue weighted by Crippen LogP contribution is 2.41. The number of aliphatic carboxylic acids is 1. The van der Waals surface area contributed by atoms with E-state index in [1.165, 1.54) is 4.90 Å². The Morgan fingerprint density at radius 1 is 1.35 bits per heavy atom. The summed E-state index contributed by atoms with van der Waals surface area (Å²) in [7, 11) is 1.64. The molecule has 0 aliphatic heterocycles. The highest BCUT2D eigenvalue weighted by molar-refractivity contribution is 6.06. The Kier molecular flexibility index (Phi) is 4.50. The highest BCUT2D eigenvalue weighted by Gasteiger charge is 2.31. The zero-order valence-corrected chi connectivity index (χ0v) is 16.0. The van der Waals surface area contributed by atoms with Crippen molar-refractivity contribution >= 4 is 22.9 Å². The lowest BCUT2D eigenvalue weighted by Crippen LogP contribution is -2.29. The van der Waals surface area contributed by atoms with Crippen LogP contribution in [0, 0.1) is 6.92 Å². The minimum Gasteiger partial charge on any atom is -0.481 e. The van der Waals surface area contributed by atoms with Crippen LogP contribution in [0.1, 0.15) is 67.7 Å². The topological polar surface area (TPSA) is 88.3 Å². The van der Waals surface area contributed by atoms with Gasteiger partial charge in [0.15, 0.2) is 5.65 Å². The van der Waals surface area contributed by atoms with Gasteiger partial charge in [-0.3, -0.25) is 9.59 Å². The fourth-order valence-electron chi connectivity index (χ4n) is 3.10. The standard InChI is InChI=1S/C19H26N4O3/c1-11-16-13(18(26)22(5)9-8-15(24)25)10-14(12-6-7-12)20-17(16)23(21-11)19(2,3)4/h10,12H,6-9H2,1-5H3,(H,24,25). The number of carboxylic acids is 1. The third kappa shape index (κ3) is 3.43. The van der Waals surface area contributed by atoms with Crippen LogP contribution in [0.5, 0.6) is 0 Å². The number of hydrogen-bond donors (Lipinski definition) is 1. The molecule has 2 heterocycles. The van der Waals surface area contributed by atoms with Gasteiger partial charge in [0.2, 0.25) is 0 Å². The molecule has 1 amide bonds. The quantitative estimate of drug-likeness (QED) is 0.888. The van der Waals surface area contributed by atoms with Crippen LogP contribution in [0.3, 0.4) is 0 Å². The third-order valence-corrected chi connectivity index (χ3v) is 4.70. The molecule has 0 unspecified atom stereocenters. The van der Waals surface area contributed by atoms with Crippen molar-refractivity contribution in [2.75, 3.05) is 13.6 Å². The number of aryl methyl sites for hydroxylation is 1. The van der Waals surface area contributed by atoms with Crippen LogP contribution in [-0.2, 0) is 10.3 Å². The first-order valence-corrected chi connectivity index (χ1v) is 8.97.